The van der Waals surface area contributed by atoms with Gasteiger partial charge >= 0.3 is 0 Å². The highest BCUT2D eigenvalue weighted by Gasteiger charge is 2.41. The van der Waals surface area contributed by atoms with Crippen molar-refractivity contribution in [3.63, 3.8) is 0 Å². The predicted octanol–water partition coefficient (Wildman–Crippen LogP) is 3.65. The Hall–Kier alpha value is -3.30. The smallest absolute Gasteiger partial charge is 0.237 e. The molecule has 0 spiro atoms. The number of oxazole rings is 1. The van der Waals surface area contributed by atoms with Crippen molar-refractivity contribution in [2.45, 2.75) is 65.1 Å². The number of aliphatic hydroxyl groups is 1. The van der Waals surface area contributed by atoms with Crippen LogP contribution in [0.5, 0.6) is 0 Å². The van der Waals surface area contributed by atoms with E-state index in [4.69, 9.17) is 8.94 Å². The Morgan fingerprint density at radius 2 is 1.97 bits per heavy atom. The summed E-state index contributed by atoms with van der Waals surface area (Å²) < 4.78 is 10.8. The second kappa shape index (κ2) is 10.4. The van der Waals surface area contributed by atoms with Gasteiger partial charge in [-0.3, -0.25) is 14.5 Å². The maximum absolute atomic E-state index is 13.4. The number of hydrogen-bond acceptors (Lipinski definition) is 8. The average Bonchev–Trinajstić information content (AvgIpc) is 3.55. The quantitative estimate of drug-likeness (QED) is 0.487. The second-order valence-electron chi connectivity index (χ2n) is 10.7. The number of nitrogens with one attached hydrogen (secondary N) is 1. The summed E-state index contributed by atoms with van der Waals surface area (Å²) in [4.78, 5) is 32.4. The number of likely N-dealkylation sites (tertiary alicyclic amines) is 1. The third-order valence-electron chi connectivity index (χ3n) is 6.65. The number of nitrogens with zero attached hydrogens (tertiary/aromatic N) is 3. The highest BCUT2D eigenvalue weighted by Crippen LogP contribution is 2.37. The first-order valence-corrected chi connectivity index (χ1v) is 12.2. The summed E-state index contributed by atoms with van der Waals surface area (Å²) in [6, 6.07) is 8.63. The molecule has 9 nitrogen and oxygen atoms in total. The lowest BCUT2D eigenvalue weighted by molar-refractivity contribution is -0.128. The summed E-state index contributed by atoms with van der Waals surface area (Å²) in [6.07, 6.45) is 2.63. The molecule has 4 rings (SSSR count). The van der Waals surface area contributed by atoms with E-state index in [1.165, 1.54) is 6.39 Å². The molecular weight excluding hydrogens is 460 g/mol. The van der Waals surface area contributed by atoms with E-state index in [9.17, 15) is 14.7 Å². The molecule has 1 amide bonds. The normalized spacial score (nSPS) is 20.3. The maximum Gasteiger partial charge on any atom is 0.237 e. The third kappa shape index (κ3) is 5.74. The van der Waals surface area contributed by atoms with Crippen LogP contribution in [0.4, 0.5) is 0 Å². The Morgan fingerprint density at radius 1 is 1.25 bits per heavy atom. The van der Waals surface area contributed by atoms with Gasteiger partial charge in [-0.25, -0.2) is 4.98 Å². The molecule has 1 aromatic carbocycles. The van der Waals surface area contributed by atoms with Gasteiger partial charge in [0.05, 0.1) is 42.5 Å². The third-order valence-corrected chi connectivity index (χ3v) is 6.65. The van der Waals surface area contributed by atoms with Crippen LogP contribution in [0, 0.1) is 12.3 Å². The zero-order valence-corrected chi connectivity index (χ0v) is 21.4. The monoisotopic (exact) mass is 494 g/mol. The van der Waals surface area contributed by atoms with Crippen LogP contribution in [0.2, 0.25) is 0 Å². The van der Waals surface area contributed by atoms with E-state index >= 15 is 0 Å². The van der Waals surface area contributed by atoms with Crippen LogP contribution in [0.15, 0.2) is 51.9 Å². The van der Waals surface area contributed by atoms with Crippen molar-refractivity contribution in [3.8, 4) is 11.3 Å². The Balaban J connectivity index is 1.43. The Kier molecular flexibility index (Phi) is 7.42. The topological polar surface area (TPSA) is 122 Å². The van der Waals surface area contributed by atoms with Crippen molar-refractivity contribution in [2.24, 2.45) is 5.41 Å². The molecule has 0 unspecified atom stereocenters. The molecule has 3 heterocycles. The summed E-state index contributed by atoms with van der Waals surface area (Å²) in [6.45, 7) is 9.96. The van der Waals surface area contributed by atoms with Crippen LogP contribution in [-0.2, 0) is 9.59 Å². The Morgan fingerprint density at radius 3 is 2.56 bits per heavy atom. The number of ketones is 1. The van der Waals surface area contributed by atoms with Gasteiger partial charge in [-0.15, -0.1) is 0 Å². The van der Waals surface area contributed by atoms with Gasteiger partial charge in [0.15, 0.2) is 17.9 Å². The number of aryl methyl sites for hydroxylation is 1. The largest absolute Gasteiger partial charge is 0.444 e. The lowest BCUT2D eigenvalue weighted by atomic mass is 9.76. The van der Waals surface area contributed by atoms with Gasteiger partial charge in [0.25, 0.3) is 0 Å². The van der Waals surface area contributed by atoms with Crippen molar-refractivity contribution >= 4 is 11.7 Å². The molecule has 0 saturated carbocycles. The van der Waals surface area contributed by atoms with E-state index in [0.29, 0.717) is 17.2 Å². The number of aromatic nitrogens is 2. The number of rotatable bonds is 8. The molecule has 2 N–H and O–H groups in total. The van der Waals surface area contributed by atoms with Gasteiger partial charge in [-0.2, -0.15) is 0 Å². The van der Waals surface area contributed by atoms with Gasteiger partial charge in [-0.1, -0.05) is 50.2 Å². The number of amides is 1. The predicted molar refractivity (Wildman–Crippen MR) is 133 cm³/mol. The summed E-state index contributed by atoms with van der Waals surface area (Å²) >= 11 is 0. The number of aliphatic hydroxyl groups excluding tert-OH is 1. The van der Waals surface area contributed by atoms with E-state index < -0.39 is 23.5 Å². The molecule has 36 heavy (non-hydrogen) atoms. The lowest BCUT2D eigenvalue weighted by Crippen LogP contribution is -2.47. The first kappa shape index (κ1) is 25.8. The molecule has 0 bridgehead atoms. The standard InChI is InChI=1S/C27H34N4O5/c1-16-10-23(36-30-16)25(27(3,4)5)22(33)14-31-13-20(32)11-21(31)26(34)29-17(2)18-6-8-19(9-7-18)24-12-28-15-35-24/h6-10,12,15,17,20-21,25,32H,11,13-14H2,1-5H3,(H,29,34)/t17-,20+,21-,25-/m0/s1. The van der Waals surface area contributed by atoms with Crippen LogP contribution in [0.25, 0.3) is 11.3 Å². The Labute approximate surface area is 210 Å². The molecule has 1 aliphatic heterocycles. The minimum atomic E-state index is -0.675. The van der Waals surface area contributed by atoms with Crippen LogP contribution in [-0.4, -0.2) is 57.1 Å². The van der Waals surface area contributed by atoms with Gasteiger partial charge in [0.2, 0.25) is 5.91 Å². The number of Topliss-reactive ketones (excluding diaryl/α,β-unsaturated/α-hetero) is 1. The van der Waals surface area contributed by atoms with Gasteiger partial charge in [0, 0.05) is 18.2 Å². The number of benzene rings is 1. The van der Waals surface area contributed by atoms with Crippen LogP contribution >= 0.6 is 0 Å². The zero-order valence-electron chi connectivity index (χ0n) is 21.4. The number of carbonyl (C=O) groups excluding carboxylic acids is 2. The summed E-state index contributed by atoms with van der Waals surface area (Å²) in [5.74, 6) is 0.401. The highest BCUT2D eigenvalue weighted by molar-refractivity contribution is 5.89. The van der Waals surface area contributed by atoms with E-state index in [1.807, 2.05) is 58.9 Å². The van der Waals surface area contributed by atoms with E-state index in [2.05, 4.69) is 15.5 Å². The molecule has 2 aromatic heterocycles. The fourth-order valence-corrected chi connectivity index (χ4v) is 4.89. The first-order valence-electron chi connectivity index (χ1n) is 12.2. The van der Waals surface area contributed by atoms with Crippen LogP contribution in [0.3, 0.4) is 0 Å². The van der Waals surface area contributed by atoms with Crippen molar-refractivity contribution in [1.29, 1.82) is 0 Å². The minimum absolute atomic E-state index is 0.0388. The first-order chi connectivity index (χ1) is 17.0. The lowest BCUT2D eigenvalue weighted by Gasteiger charge is -2.30. The van der Waals surface area contributed by atoms with Gasteiger partial charge in [-0.05, 0) is 31.2 Å². The summed E-state index contributed by atoms with van der Waals surface area (Å²) in [5.41, 5.74) is 2.14. The van der Waals surface area contributed by atoms with Gasteiger partial charge in [0.1, 0.15) is 5.76 Å². The summed E-state index contributed by atoms with van der Waals surface area (Å²) in [7, 11) is 0. The molecule has 1 saturated heterocycles. The summed E-state index contributed by atoms with van der Waals surface area (Å²) in [5, 5.41) is 17.3. The molecule has 1 fully saturated rings. The zero-order chi connectivity index (χ0) is 26.0. The number of carbonyl (C=O) groups is 2. The molecule has 0 aliphatic carbocycles. The minimum Gasteiger partial charge on any atom is -0.444 e. The van der Waals surface area contributed by atoms with Crippen molar-refractivity contribution in [1.82, 2.24) is 20.4 Å². The fourth-order valence-electron chi connectivity index (χ4n) is 4.89. The van der Waals surface area contributed by atoms with Gasteiger partial charge < -0.3 is 19.4 Å². The maximum atomic E-state index is 13.4. The number of β-amino-alcohol motifs (C(OH)–C–C–N with tert-alkyl or cyclic N) is 1. The number of hydrogen-bond donors (Lipinski definition) is 2. The van der Waals surface area contributed by atoms with E-state index in [-0.39, 0.29) is 37.2 Å². The van der Waals surface area contributed by atoms with Crippen LogP contribution in [0.1, 0.15) is 63.1 Å². The fraction of sp³-hybridized carbons (Fsp3) is 0.481. The SMILES string of the molecule is Cc1cc([C@H](C(=O)CN2C[C@H](O)C[C@H]2C(=O)N[C@@H](C)c2ccc(-c3cnco3)cc2)C(C)(C)C)on1. The van der Waals surface area contributed by atoms with E-state index in [0.717, 1.165) is 11.1 Å². The van der Waals surface area contributed by atoms with Crippen molar-refractivity contribution < 1.29 is 23.6 Å². The van der Waals surface area contributed by atoms with Crippen molar-refractivity contribution in [3.05, 3.63) is 59.9 Å². The molecule has 4 atom stereocenters. The molecule has 3 aromatic rings. The molecular formula is C27H34N4O5. The molecule has 1 aliphatic rings. The van der Waals surface area contributed by atoms with Crippen molar-refractivity contribution in [2.75, 3.05) is 13.1 Å². The highest BCUT2D eigenvalue weighted by atomic mass is 16.5. The Bertz CT molecular complexity index is 1180. The second-order valence-corrected chi connectivity index (χ2v) is 10.7. The van der Waals surface area contributed by atoms with Crippen LogP contribution < -0.4 is 5.32 Å². The molecule has 192 valence electrons. The molecule has 0 radical (unpaired) electrons. The molecule has 9 heteroatoms. The van der Waals surface area contributed by atoms with E-state index in [1.54, 1.807) is 17.2 Å². The average molecular weight is 495 g/mol.